The predicted octanol–water partition coefficient (Wildman–Crippen LogP) is 7.47. The summed E-state index contributed by atoms with van der Waals surface area (Å²) in [5, 5.41) is 6.44. The number of halogens is 1. The number of anilines is 1. The number of ether oxygens (including phenoxy) is 2. The van der Waals surface area contributed by atoms with Gasteiger partial charge in [-0.25, -0.2) is 15.0 Å². The average Bonchev–Trinajstić information content (AvgIpc) is 3.29. The van der Waals surface area contributed by atoms with Crippen LogP contribution in [0, 0.1) is 27.0 Å². The quantitative estimate of drug-likeness (QED) is 0.101. The van der Waals surface area contributed by atoms with Gasteiger partial charge in [-0.1, -0.05) is 94.3 Å². The van der Waals surface area contributed by atoms with Crippen molar-refractivity contribution >= 4 is 58.3 Å². The van der Waals surface area contributed by atoms with Gasteiger partial charge in [0.05, 0.1) is 18.5 Å². The molecule has 5 fully saturated rings. The highest BCUT2D eigenvalue weighted by atomic mass is 127. The fourth-order valence-corrected chi connectivity index (χ4v) is 15.2. The molecule has 2 aromatic heterocycles. The molecular formula is C40H50IN5O3Si. The van der Waals surface area contributed by atoms with Crippen LogP contribution in [-0.4, -0.2) is 58.5 Å². The molecule has 5 aliphatic rings. The standard InChI is InChI=1S/C40H50IN5O3Si/c1-38(2,3)50(27-18-8-6-9-19-27,28-20-10-7-11-21-28)47-23-40-22-29(40)32(33-34(40)49-39(4,5)48-33)46-24-42-31-35(44-37(41)45-36(31)46)43-30(25-14-12-15-25)26-16-13-17-26/h6-11,18-21,24-26,29-30,32-34H,12-17,22-23H2,1-5H3,(H,43,44,45)/t29-,32-,33+,34+,40+/m1/s1. The van der Waals surface area contributed by atoms with Gasteiger partial charge in [0.1, 0.15) is 6.10 Å². The zero-order chi connectivity index (χ0) is 34.5. The number of nitrogens with zero attached hydrogens (tertiary/aromatic N) is 4. The summed E-state index contributed by atoms with van der Waals surface area (Å²) >= 11 is 2.28. The first-order chi connectivity index (χ1) is 24.0. The van der Waals surface area contributed by atoms with E-state index in [1.54, 1.807) is 0 Å². The number of rotatable bonds is 10. The van der Waals surface area contributed by atoms with Crippen molar-refractivity contribution in [3.63, 3.8) is 0 Å². The fourth-order valence-electron chi connectivity index (χ4n) is 10.0. The lowest BCUT2D eigenvalue weighted by Crippen LogP contribution is -2.67. The van der Waals surface area contributed by atoms with Crippen LogP contribution in [0.2, 0.25) is 5.04 Å². The van der Waals surface area contributed by atoms with Crippen LogP contribution in [0.5, 0.6) is 0 Å². The second-order valence-electron chi connectivity index (χ2n) is 17.2. The van der Waals surface area contributed by atoms with Crippen LogP contribution in [0.3, 0.4) is 0 Å². The number of fused-ring (bicyclic) bond motifs is 4. The highest BCUT2D eigenvalue weighted by molar-refractivity contribution is 14.1. The minimum Gasteiger partial charge on any atom is -0.407 e. The van der Waals surface area contributed by atoms with Gasteiger partial charge in [-0.15, -0.1) is 0 Å². The van der Waals surface area contributed by atoms with Gasteiger partial charge in [-0.3, -0.25) is 0 Å². The summed E-state index contributed by atoms with van der Waals surface area (Å²) in [6.45, 7) is 11.8. The molecule has 9 rings (SSSR count). The Morgan fingerprint density at radius 2 is 1.56 bits per heavy atom. The molecule has 10 heteroatoms. The van der Waals surface area contributed by atoms with Crippen molar-refractivity contribution in [2.75, 3.05) is 11.9 Å². The van der Waals surface area contributed by atoms with Gasteiger partial charge in [0.25, 0.3) is 8.32 Å². The third-order valence-corrected chi connectivity index (χ3v) is 18.4. The third-order valence-electron chi connectivity index (χ3n) is 12.9. The third kappa shape index (κ3) is 5.24. The highest BCUT2D eigenvalue weighted by Gasteiger charge is 2.76. The Hall–Kier alpha value is -2.38. The maximum Gasteiger partial charge on any atom is 0.261 e. The number of imidazole rings is 1. The Morgan fingerprint density at radius 3 is 2.12 bits per heavy atom. The number of benzene rings is 2. The molecule has 4 saturated carbocycles. The Kier molecular flexibility index (Phi) is 8.08. The minimum absolute atomic E-state index is 0.0436. The van der Waals surface area contributed by atoms with Crippen molar-refractivity contribution in [3.05, 3.63) is 70.8 Å². The number of hydrogen-bond acceptors (Lipinski definition) is 7. The lowest BCUT2D eigenvalue weighted by Gasteiger charge is -2.44. The van der Waals surface area contributed by atoms with E-state index in [9.17, 15) is 0 Å². The molecule has 4 aromatic rings. The van der Waals surface area contributed by atoms with Crippen LogP contribution >= 0.6 is 22.6 Å². The van der Waals surface area contributed by atoms with Crippen molar-refractivity contribution in [2.45, 2.75) is 115 Å². The van der Waals surface area contributed by atoms with E-state index in [-0.39, 0.29) is 28.7 Å². The Labute approximate surface area is 310 Å². The number of nitrogens with one attached hydrogen (secondary N) is 1. The summed E-state index contributed by atoms with van der Waals surface area (Å²) in [7, 11) is -2.74. The first-order valence-electron chi connectivity index (χ1n) is 18.8. The van der Waals surface area contributed by atoms with E-state index in [1.165, 1.54) is 48.9 Å². The van der Waals surface area contributed by atoms with Crippen LogP contribution in [0.15, 0.2) is 67.0 Å². The molecule has 3 heterocycles. The van der Waals surface area contributed by atoms with E-state index >= 15 is 0 Å². The van der Waals surface area contributed by atoms with Gasteiger partial charge in [0.2, 0.25) is 0 Å². The summed E-state index contributed by atoms with van der Waals surface area (Å²) in [6, 6.07) is 22.4. The van der Waals surface area contributed by atoms with Gasteiger partial charge in [0, 0.05) is 40.7 Å². The Bertz CT molecular complexity index is 1820. The summed E-state index contributed by atoms with van der Waals surface area (Å²) in [6.07, 6.45) is 10.7. The summed E-state index contributed by atoms with van der Waals surface area (Å²) in [5.74, 6) is 1.99. The molecule has 2 aromatic carbocycles. The van der Waals surface area contributed by atoms with Crippen LogP contribution in [0.25, 0.3) is 11.2 Å². The van der Waals surface area contributed by atoms with Gasteiger partial charge in [0.15, 0.2) is 26.6 Å². The number of aromatic nitrogens is 4. The minimum atomic E-state index is -2.74. The molecular weight excluding hydrogens is 753 g/mol. The van der Waals surface area contributed by atoms with Crippen LogP contribution in [0.4, 0.5) is 5.82 Å². The van der Waals surface area contributed by atoms with Crippen molar-refractivity contribution < 1.29 is 13.9 Å². The van der Waals surface area contributed by atoms with E-state index < -0.39 is 14.1 Å². The predicted molar refractivity (Wildman–Crippen MR) is 207 cm³/mol. The molecule has 1 saturated heterocycles. The van der Waals surface area contributed by atoms with Crippen LogP contribution < -0.4 is 15.7 Å². The summed E-state index contributed by atoms with van der Waals surface area (Å²) in [4.78, 5) is 15.0. The zero-order valence-electron chi connectivity index (χ0n) is 29.9. The molecule has 0 radical (unpaired) electrons. The van der Waals surface area contributed by atoms with Gasteiger partial charge in [-0.2, -0.15) is 0 Å². The summed E-state index contributed by atoms with van der Waals surface area (Å²) in [5.41, 5.74) is 1.60. The van der Waals surface area contributed by atoms with E-state index in [0.717, 1.165) is 39.1 Å². The van der Waals surface area contributed by atoms with Crippen LogP contribution in [0.1, 0.15) is 85.6 Å². The second kappa shape index (κ2) is 12.1. The van der Waals surface area contributed by atoms with E-state index in [2.05, 4.69) is 128 Å². The second-order valence-corrected chi connectivity index (χ2v) is 22.5. The lowest BCUT2D eigenvalue weighted by molar-refractivity contribution is -0.162. The van der Waals surface area contributed by atoms with E-state index in [4.69, 9.17) is 28.9 Å². The molecule has 50 heavy (non-hydrogen) atoms. The molecule has 264 valence electrons. The topological polar surface area (TPSA) is 83.3 Å². The van der Waals surface area contributed by atoms with Crippen molar-refractivity contribution in [1.82, 2.24) is 19.5 Å². The lowest BCUT2D eigenvalue weighted by atomic mass is 9.68. The molecule has 0 spiro atoms. The smallest absolute Gasteiger partial charge is 0.261 e. The first-order valence-corrected chi connectivity index (χ1v) is 21.8. The highest BCUT2D eigenvalue weighted by Crippen LogP contribution is 2.72. The van der Waals surface area contributed by atoms with Crippen molar-refractivity contribution in [3.8, 4) is 0 Å². The SMILES string of the molecule is CC1(C)O[C@H]2[C@H](n3cnc4c(NC(C5CCC5)C5CCC5)nc(I)nc43)[C@H]3C[C@@]3(CO[Si](c3ccccc3)(c3ccccc3)C(C)(C)C)[C@H]2O1. The average molecular weight is 804 g/mol. The number of hydrogen-bond donors (Lipinski definition) is 1. The van der Waals surface area contributed by atoms with Gasteiger partial charge >= 0.3 is 0 Å². The molecule has 1 N–H and O–H groups in total. The molecule has 8 nitrogen and oxygen atoms in total. The van der Waals surface area contributed by atoms with E-state index in [0.29, 0.717) is 18.6 Å². The maximum absolute atomic E-state index is 7.63. The fraction of sp³-hybridized carbons (Fsp3) is 0.575. The van der Waals surface area contributed by atoms with Gasteiger partial charge < -0.3 is 23.8 Å². The maximum atomic E-state index is 7.63. The normalized spacial score (nSPS) is 29.1. The van der Waals surface area contributed by atoms with Crippen molar-refractivity contribution in [1.29, 1.82) is 0 Å². The molecule has 0 bridgehead atoms. The zero-order valence-corrected chi connectivity index (χ0v) is 33.1. The summed E-state index contributed by atoms with van der Waals surface area (Å²) < 4.78 is 24.3. The molecule has 4 aliphatic carbocycles. The Morgan fingerprint density at radius 1 is 0.940 bits per heavy atom. The van der Waals surface area contributed by atoms with Crippen LogP contribution in [-0.2, 0) is 13.9 Å². The molecule has 0 amide bonds. The molecule has 1 aliphatic heterocycles. The molecule has 0 unspecified atom stereocenters. The van der Waals surface area contributed by atoms with E-state index in [1.807, 2.05) is 6.33 Å². The largest absolute Gasteiger partial charge is 0.407 e. The first kappa shape index (κ1) is 33.5. The van der Waals surface area contributed by atoms with Gasteiger partial charge in [-0.05, 0) is 79.1 Å². The molecule has 5 atom stereocenters. The monoisotopic (exact) mass is 803 g/mol. The van der Waals surface area contributed by atoms with Crippen molar-refractivity contribution in [2.24, 2.45) is 23.2 Å². The Balaban J connectivity index is 1.08.